The van der Waals surface area contributed by atoms with Crippen molar-refractivity contribution >= 4 is 23.2 Å². The molecule has 1 fully saturated rings. The molecule has 3 heteroatoms. The van der Waals surface area contributed by atoms with Crippen LogP contribution in [0.1, 0.15) is 16.7 Å². The molecule has 1 nitrogen and oxygen atoms in total. The normalized spacial score (nSPS) is 21.2. The number of hydrogen-bond acceptors (Lipinski definition) is 1. The van der Waals surface area contributed by atoms with Crippen molar-refractivity contribution in [1.82, 2.24) is 0 Å². The van der Waals surface area contributed by atoms with E-state index in [1.165, 1.54) is 16.7 Å². The molecule has 2 atom stereocenters. The largest absolute Gasteiger partial charge is 0.381 e. The fraction of sp³-hybridized carbons (Fsp3) is 0.368. The zero-order valence-electron chi connectivity index (χ0n) is 12.7. The summed E-state index contributed by atoms with van der Waals surface area (Å²) in [4.78, 5) is 0. The fourth-order valence-electron chi connectivity index (χ4n) is 3.21. The molecule has 0 unspecified atom stereocenters. The second kappa shape index (κ2) is 7.04. The van der Waals surface area contributed by atoms with Gasteiger partial charge in [-0.1, -0.05) is 59.1 Å². The van der Waals surface area contributed by atoms with Crippen molar-refractivity contribution in [3.63, 3.8) is 0 Å². The second-order valence-electron chi connectivity index (χ2n) is 6.20. The minimum absolute atomic E-state index is 0.540. The molecule has 1 saturated heterocycles. The van der Waals surface area contributed by atoms with Crippen LogP contribution in [0.3, 0.4) is 0 Å². The Morgan fingerprint density at radius 3 is 2.23 bits per heavy atom. The van der Waals surface area contributed by atoms with E-state index in [0.717, 1.165) is 26.1 Å². The monoisotopic (exact) mass is 334 g/mol. The van der Waals surface area contributed by atoms with Gasteiger partial charge in [0.25, 0.3) is 0 Å². The molecule has 1 aliphatic heterocycles. The van der Waals surface area contributed by atoms with Gasteiger partial charge in [-0.25, -0.2) is 0 Å². The highest BCUT2D eigenvalue weighted by atomic mass is 35.5. The van der Waals surface area contributed by atoms with Crippen LogP contribution < -0.4 is 0 Å². The first-order valence-corrected chi connectivity index (χ1v) is 8.44. The lowest BCUT2D eigenvalue weighted by Gasteiger charge is -2.18. The number of hydrogen-bond donors (Lipinski definition) is 0. The molecular weight excluding hydrogens is 315 g/mol. The summed E-state index contributed by atoms with van der Waals surface area (Å²) in [7, 11) is 0. The van der Waals surface area contributed by atoms with Crippen molar-refractivity contribution in [3.8, 4) is 0 Å². The van der Waals surface area contributed by atoms with E-state index in [4.69, 9.17) is 27.9 Å². The average Bonchev–Trinajstić information content (AvgIpc) is 2.90. The first-order valence-electron chi connectivity index (χ1n) is 7.69. The van der Waals surface area contributed by atoms with E-state index in [1.807, 2.05) is 12.1 Å². The molecule has 0 saturated carbocycles. The fourth-order valence-corrected chi connectivity index (χ4v) is 3.53. The van der Waals surface area contributed by atoms with E-state index < -0.39 is 0 Å². The molecule has 0 aromatic heterocycles. The molecule has 116 valence electrons. The molecule has 0 spiro atoms. The lowest BCUT2D eigenvalue weighted by Crippen LogP contribution is -2.17. The van der Waals surface area contributed by atoms with E-state index in [-0.39, 0.29) is 0 Å². The molecular formula is C19H20Cl2O. The van der Waals surface area contributed by atoms with Crippen LogP contribution in [0, 0.1) is 18.8 Å². The number of ether oxygens (including phenoxy) is 1. The first-order chi connectivity index (χ1) is 10.6. The molecule has 0 N–H and O–H groups in total. The van der Waals surface area contributed by atoms with Gasteiger partial charge < -0.3 is 4.74 Å². The van der Waals surface area contributed by atoms with Gasteiger partial charge in [-0.2, -0.15) is 0 Å². The van der Waals surface area contributed by atoms with Crippen LogP contribution >= 0.6 is 23.2 Å². The van der Waals surface area contributed by atoms with Gasteiger partial charge in [0, 0.05) is 0 Å². The molecule has 3 rings (SSSR count). The zero-order valence-corrected chi connectivity index (χ0v) is 14.2. The van der Waals surface area contributed by atoms with Crippen LogP contribution in [0.4, 0.5) is 0 Å². The van der Waals surface area contributed by atoms with Crippen LogP contribution in [0.15, 0.2) is 42.5 Å². The molecule has 0 radical (unpaired) electrons. The van der Waals surface area contributed by atoms with Gasteiger partial charge in [0.15, 0.2) is 0 Å². The predicted molar refractivity (Wildman–Crippen MR) is 92.8 cm³/mol. The van der Waals surface area contributed by atoms with Gasteiger partial charge in [0.05, 0.1) is 23.3 Å². The molecule has 2 aromatic rings. The quantitative estimate of drug-likeness (QED) is 0.732. The Balaban J connectivity index is 1.69. The Hall–Kier alpha value is -1.02. The van der Waals surface area contributed by atoms with E-state index in [0.29, 0.717) is 21.9 Å². The predicted octanol–water partition coefficient (Wildman–Crippen LogP) is 5.35. The highest BCUT2D eigenvalue weighted by molar-refractivity contribution is 6.42. The number of benzene rings is 2. The minimum Gasteiger partial charge on any atom is -0.381 e. The Morgan fingerprint density at radius 1 is 0.909 bits per heavy atom. The standard InChI is InChI=1S/C19H20Cl2O/c1-13-3-2-4-14(7-13)8-16-11-22-12-17(16)9-15-5-6-18(20)19(21)10-15/h2-7,10,16-17H,8-9,11-12H2,1H3/t16-,17-/m0/s1. The summed E-state index contributed by atoms with van der Waals surface area (Å²) in [5, 5.41) is 1.25. The van der Waals surface area contributed by atoms with Gasteiger partial charge in [-0.05, 0) is 54.9 Å². The number of rotatable bonds is 4. The van der Waals surface area contributed by atoms with Gasteiger partial charge >= 0.3 is 0 Å². The highest BCUT2D eigenvalue weighted by Gasteiger charge is 2.28. The lowest BCUT2D eigenvalue weighted by atomic mass is 9.85. The van der Waals surface area contributed by atoms with Crippen LogP contribution in [0.5, 0.6) is 0 Å². The molecule has 22 heavy (non-hydrogen) atoms. The lowest BCUT2D eigenvalue weighted by molar-refractivity contribution is 0.180. The molecule has 0 bridgehead atoms. The summed E-state index contributed by atoms with van der Waals surface area (Å²) in [5.74, 6) is 1.11. The van der Waals surface area contributed by atoms with Crippen molar-refractivity contribution in [2.75, 3.05) is 13.2 Å². The maximum absolute atomic E-state index is 6.12. The summed E-state index contributed by atoms with van der Waals surface area (Å²) in [6.45, 7) is 3.82. The maximum atomic E-state index is 6.12. The molecule has 0 amide bonds. The van der Waals surface area contributed by atoms with Crippen molar-refractivity contribution in [3.05, 3.63) is 69.2 Å². The van der Waals surface area contributed by atoms with Crippen molar-refractivity contribution in [2.24, 2.45) is 11.8 Å². The third-order valence-electron chi connectivity index (χ3n) is 4.39. The molecule has 1 heterocycles. The topological polar surface area (TPSA) is 9.23 Å². The smallest absolute Gasteiger partial charge is 0.0595 e. The van der Waals surface area contributed by atoms with Crippen molar-refractivity contribution in [1.29, 1.82) is 0 Å². The van der Waals surface area contributed by atoms with Gasteiger partial charge in [-0.15, -0.1) is 0 Å². The molecule has 2 aromatic carbocycles. The van der Waals surface area contributed by atoms with Crippen LogP contribution in [-0.4, -0.2) is 13.2 Å². The molecule has 1 aliphatic rings. The maximum Gasteiger partial charge on any atom is 0.0595 e. The van der Waals surface area contributed by atoms with E-state index in [1.54, 1.807) is 0 Å². The van der Waals surface area contributed by atoms with Crippen LogP contribution in [0.2, 0.25) is 10.0 Å². The zero-order chi connectivity index (χ0) is 15.5. The Bertz CT molecular complexity index is 654. The summed E-state index contributed by atoms with van der Waals surface area (Å²) in [6, 6.07) is 14.7. The van der Waals surface area contributed by atoms with Gasteiger partial charge in [-0.3, -0.25) is 0 Å². The van der Waals surface area contributed by atoms with Crippen LogP contribution in [-0.2, 0) is 17.6 Å². The summed E-state index contributed by atoms with van der Waals surface area (Å²) >= 11 is 12.1. The minimum atomic E-state index is 0.540. The third-order valence-corrected chi connectivity index (χ3v) is 5.13. The van der Waals surface area contributed by atoms with Crippen molar-refractivity contribution in [2.45, 2.75) is 19.8 Å². The van der Waals surface area contributed by atoms with Crippen LogP contribution in [0.25, 0.3) is 0 Å². The number of halogens is 2. The Kier molecular flexibility index (Phi) is 5.07. The van der Waals surface area contributed by atoms with Gasteiger partial charge in [0.2, 0.25) is 0 Å². The Labute approximate surface area is 142 Å². The Morgan fingerprint density at radius 2 is 1.59 bits per heavy atom. The molecule has 0 aliphatic carbocycles. The average molecular weight is 335 g/mol. The second-order valence-corrected chi connectivity index (χ2v) is 7.02. The number of aryl methyl sites for hydroxylation is 1. The van der Waals surface area contributed by atoms with Gasteiger partial charge in [0.1, 0.15) is 0 Å². The highest BCUT2D eigenvalue weighted by Crippen LogP contribution is 2.30. The summed E-state index contributed by atoms with van der Waals surface area (Å²) in [6.07, 6.45) is 2.07. The van der Waals surface area contributed by atoms with Crippen molar-refractivity contribution < 1.29 is 4.74 Å². The first kappa shape index (κ1) is 15.9. The SMILES string of the molecule is Cc1cccc(C[C@H]2COC[C@@H]2Cc2ccc(Cl)c(Cl)c2)c1. The van der Waals surface area contributed by atoms with E-state index in [9.17, 15) is 0 Å². The summed E-state index contributed by atoms with van der Waals surface area (Å²) in [5.41, 5.74) is 3.95. The third kappa shape index (κ3) is 3.84. The van der Waals surface area contributed by atoms with E-state index in [2.05, 4.69) is 37.3 Å². The summed E-state index contributed by atoms with van der Waals surface area (Å²) < 4.78 is 5.74. The van der Waals surface area contributed by atoms with E-state index >= 15 is 0 Å².